The highest BCUT2D eigenvalue weighted by molar-refractivity contribution is 5.74. The van der Waals surface area contributed by atoms with Gasteiger partial charge in [0.2, 0.25) is 0 Å². The molecular formula is C11H22NO2+. The second-order valence-electron chi connectivity index (χ2n) is 4.67. The van der Waals surface area contributed by atoms with Gasteiger partial charge in [0.05, 0.1) is 0 Å². The number of esters is 1. The summed E-state index contributed by atoms with van der Waals surface area (Å²) in [5.41, 5.74) is 3.85. The van der Waals surface area contributed by atoms with Gasteiger partial charge in [0.15, 0.2) is 6.04 Å². The Morgan fingerprint density at radius 2 is 2.00 bits per heavy atom. The molecule has 0 spiro atoms. The van der Waals surface area contributed by atoms with Crippen molar-refractivity contribution < 1.29 is 15.3 Å². The fourth-order valence-electron chi connectivity index (χ4n) is 1.93. The first-order valence-corrected chi connectivity index (χ1v) is 5.63. The smallest absolute Gasteiger partial charge is 0.365 e. The SMILES string of the molecule is CC(C)CC([NH3+])C(=O)OC1CCCC1. The van der Waals surface area contributed by atoms with Gasteiger partial charge in [-0.05, 0) is 31.6 Å². The number of carbonyl (C=O) groups is 1. The van der Waals surface area contributed by atoms with Crippen molar-refractivity contribution in [2.45, 2.75) is 58.1 Å². The highest BCUT2D eigenvalue weighted by Gasteiger charge is 2.25. The van der Waals surface area contributed by atoms with Crippen molar-refractivity contribution in [1.29, 1.82) is 0 Å². The minimum Gasteiger partial charge on any atom is -0.458 e. The minimum absolute atomic E-state index is 0.106. The molecule has 0 heterocycles. The Balaban J connectivity index is 2.25. The number of rotatable bonds is 4. The van der Waals surface area contributed by atoms with Crippen molar-refractivity contribution in [3.63, 3.8) is 0 Å². The first-order chi connectivity index (χ1) is 6.59. The van der Waals surface area contributed by atoms with Crippen LogP contribution in [0.15, 0.2) is 0 Å². The second-order valence-corrected chi connectivity index (χ2v) is 4.67. The molecular weight excluding hydrogens is 178 g/mol. The molecule has 1 atom stereocenters. The normalized spacial score (nSPS) is 20.0. The summed E-state index contributed by atoms with van der Waals surface area (Å²) in [4.78, 5) is 11.5. The van der Waals surface area contributed by atoms with Crippen LogP contribution in [-0.2, 0) is 9.53 Å². The van der Waals surface area contributed by atoms with Gasteiger partial charge in [0, 0.05) is 6.42 Å². The third-order valence-corrected chi connectivity index (χ3v) is 2.67. The maximum atomic E-state index is 11.5. The van der Waals surface area contributed by atoms with Crippen molar-refractivity contribution in [2.24, 2.45) is 5.92 Å². The monoisotopic (exact) mass is 200 g/mol. The Hall–Kier alpha value is -0.570. The number of hydrogen-bond acceptors (Lipinski definition) is 2. The largest absolute Gasteiger partial charge is 0.458 e. The Morgan fingerprint density at radius 3 is 2.50 bits per heavy atom. The van der Waals surface area contributed by atoms with Crippen LogP contribution < -0.4 is 5.73 Å². The fraction of sp³-hybridized carbons (Fsp3) is 0.909. The molecule has 1 rings (SSSR count). The third-order valence-electron chi connectivity index (χ3n) is 2.67. The summed E-state index contributed by atoms with van der Waals surface area (Å²) in [5, 5.41) is 0. The Kier molecular flexibility index (Phi) is 4.39. The van der Waals surface area contributed by atoms with Gasteiger partial charge in [-0.3, -0.25) is 0 Å². The maximum Gasteiger partial charge on any atom is 0.365 e. The molecule has 0 aromatic heterocycles. The van der Waals surface area contributed by atoms with Crippen LogP contribution in [0.3, 0.4) is 0 Å². The number of ether oxygens (including phenoxy) is 1. The van der Waals surface area contributed by atoms with Crippen LogP contribution in [0.5, 0.6) is 0 Å². The lowest BCUT2D eigenvalue weighted by molar-refractivity contribution is -0.411. The summed E-state index contributed by atoms with van der Waals surface area (Å²) in [6.07, 6.45) is 5.48. The Bertz CT molecular complexity index is 186. The fourth-order valence-corrected chi connectivity index (χ4v) is 1.93. The molecule has 0 radical (unpaired) electrons. The summed E-state index contributed by atoms with van der Waals surface area (Å²) in [7, 11) is 0. The zero-order valence-corrected chi connectivity index (χ0v) is 9.29. The zero-order chi connectivity index (χ0) is 10.6. The maximum absolute atomic E-state index is 11.5. The lowest BCUT2D eigenvalue weighted by Crippen LogP contribution is -2.66. The molecule has 1 saturated carbocycles. The van der Waals surface area contributed by atoms with E-state index in [9.17, 15) is 4.79 Å². The summed E-state index contributed by atoms with van der Waals surface area (Å²) in [5.74, 6) is 0.402. The van der Waals surface area contributed by atoms with Crippen LogP contribution in [0, 0.1) is 5.92 Å². The number of carbonyl (C=O) groups excluding carboxylic acids is 1. The van der Waals surface area contributed by atoms with Gasteiger partial charge in [-0.25, -0.2) is 4.79 Å². The molecule has 1 aliphatic rings. The second kappa shape index (κ2) is 5.35. The summed E-state index contributed by atoms with van der Waals surface area (Å²) >= 11 is 0. The van der Waals surface area contributed by atoms with E-state index in [1.165, 1.54) is 12.8 Å². The average Bonchev–Trinajstić information content (AvgIpc) is 2.55. The first-order valence-electron chi connectivity index (χ1n) is 5.63. The van der Waals surface area contributed by atoms with E-state index in [-0.39, 0.29) is 18.1 Å². The van der Waals surface area contributed by atoms with E-state index in [0.717, 1.165) is 19.3 Å². The Morgan fingerprint density at radius 1 is 1.43 bits per heavy atom. The standard InChI is InChI=1S/C11H21NO2/c1-8(2)7-10(12)11(13)14-9-5-3-4-6-9/h8-10H,3-7,12H2,1-2H3/p+1. The summed E-state index contributed by atoms with van der Waals surface area (Å²) in [6, 6.07) is -0.185. The van der Waals surface area contributed by atoms with Gasteiger partial charge in [-0.1, -0.05) is 13.8 Å². The topological polar surface area (TPSA) is 53.9 Å². The third kappa shape index (κ3) is 3.66. The molecule has 0 saturated heterocycles. The van der Waals surface area contributed by atoms with E-state index >= 15 is 0 Å². The van der Waals surface area contributed by atoms with Gasteiger partial charge in [0.1, 0.15) is 6.10 Å². The van der Waals surface area contributed by atoms with Crippen molar-refractivity contribution in [3.05, 3.63) is 0 Å². The van der Waals surface area contributed by atoms with E-state index in [1.807, 2.05) is 0 Å². The molecule has 0 aliphatic heterocycles. The first kappa shape index (κ1) is 11.5. The summed E-state index contributed by atoms with van der Waals surface area (Å²) < 4.78 is 5.37. The van der Waals surface area contributed by atoms with E-state index in [4.69, 9.17) is 4.74 Å². The molecule has 0 bridgehead atoms. The molecule has 0 amide bonds. The molecule has 3 N–H and O–H groups in total. The Labute approximate surface area is 86.0 Å². The molecule has 0 aromatic carbocycles. The van der Waals surface area contributed by atoms with E-state index < -0.39 is 0 Å². The van der Waals surface area contributed by atoms with E-state index in [1.54, 1.807) is 0 Å². The molecule has 0 aromatic rings. The highest BCUT2D eigenvalue weighted by Crippen LogP contribution is 2.21. The van der Waals surface area contributed by atoms with Crippen molar-refractivity contribution in [3.8, 4) is 0 Å². The summed E-state index contributed by atoms with van der Waals surface area (Å²) in [6.45, 7) is 4.20. The van der Waals surface area contributed by atoms with Gasteiger partial charge in [0.25, 0.3) is 0 Å². The molecule has 1 aliphatic carbocycles. The molecule has 1 fully saturated rings. The van der Waals surface area contributed by atoms with Crippen molar-refractivity contribution in [2.75, 3.05) is 0 Å². The van der Waals surface area contributed by atoms with E-state index in [0.29, 0.717) is 5.92 Å². The van der Waals surface area contributed by atoms with Crippen LogP contribution in [0.2, 0.25) is 0 Å². The van der Waals surface area contributed by atoms with Gasteiger partial charge < -0.3 is 10.5 Å². The van der Waals surface area contributed by atoms with Gasteiger partial charge in [-0.15, -0.1) is 0 Å². The molecule has 82 valence electrons. The highest BCUT2D eigenvalue weighted by atomic mass is 16.5. The minimum atomic E-state index is -0.185. The average molecular weight is 200 g/mol. The lowest BCUT2D eigenvalue weighted by Gasteiger charge is -2.14. The van der Waals surface area contributed by atoms with Gasteiger partial charge in [-0.2, -0.15) is 0 Å². The molecule has 1 unspecified atom stereocenters. The number of hydrogen-bond donors (Lipinski definition) is 1. The van der Waals surface area contributed by atoms with Gasteiger partial charge >= 0.3 is 5.97 Å². The van der Waals surface area contributed by atoms with Crippen LogP contribution in [0.4, 0.5) is 0 Å². The quantitative estimate of drug-likeness (QED) is 0.692. The molecule has 3 nitrogen and oxygen atoms in total. The van der Waals surface area contributed by atoms with E-state index in [2.05, 4.69) is 19.6 Å². The van der Waals surface area contributed by atoms with Crippen molar-refractivity contribution >= 4 is 5.97 Å². The van der Waals surface area contributed by atoms with Crippen LogP contribution in [0.1, 0.15) is 46.0 Å². The van der Waals surface area contributed by atoms with Crippen LogP contribution >= 0.6 is 0 Å². The molecule has 14 heavy (non-hydrogen) atoms. The van der Waals surface area contributed by atoms with Crippen LogP contribution in [0.25, 0.3) is 0 Å². The van der Waals surface area contributed by atoms with Crippen molar-refractivity contribution in [1.82, 2.24) is 0 Å². The lowest BCUT2D eigenvalue weighted by atomic mass is 10.0. The predicted molar refractivity (Wildman–Crippen MR) is 54.5 cm³/mol. The van der Waals surface area contributed by atoms with Crippen LogP contribution in [-0.4, -0.2) is 18.1 Å². The number of quaternary nitrogens is 1. The zero-order valence-electron chi connectivity index (χ0n) is 9.29. The molecule has 3 heteroatoms. The predicted octanol–water partition coefficient (Wildman–Crippen LogP) is 1.13.